The molecule has 0 aliphatic carbocycles. The number of nitrogens with two attached hydrogens (primary N) is 1. The highest BCUT2D eigenvalue weighted by atomic mass is 31.2. The predicted octanol–water partition coefficient (Wildman–Crippen LogP) is 15.4. The van der Waals surface area contributed by atoms with Crippen LogP contribution in [0.3, 0.4) is 0 Å². The number of phosphoric acid groups is 1. The minimum Gasteiger partial charge on any atom is -0.457 e. The monoisotopic (exact) mass is 854 g/mol. The molecule has 0 saturated heterocycles. The van der Waals surface area contributed by atoms with Crippen LogP contribution in [0, 0.1) is 0 Å². The first-order valence-corrected chi connectivity index (χ1v) is 26.5. The van der Waals surface area contributed by atoms with Crippen molar-refractivity contribution in [3.05, 3.63) is 36.5 Å². The van der Waals surface area contributed by atoms with Gasteiger partial charge in [-0.25, -0.2) is 4.57 Å². The molecular formula is C50H96NO7P. The van der Waals surface area contributed by atoms with Crippen molar-refractivity contribution in [2.24, 2.45) is 5.73 Å². The van der Waals surface area contributed by atoms with Crippen LogP contribution in [0.2, 0.25) is 0 Å². The molecule has 0 heterocycles. The Bertz CT molecular complexity index is 1000. The van der Waals surface area contributed by atoms with Crippen LogP contribution in [0.15, 0.2) is 36.5 Å². The number of allylic oxidation sites excluding steroid dienone is 6. The number of unbranched alkanes of at least 4 members (excludes halogenated alkanes) is 29. The first kappa shape index (κ1) is 57.7. The lowest BCUT2D eigenvalue weighted by Crippen LogP contribution is -2.28. The number of rotatable bonds is 48. The maximum Gasteiger partial charge on any atom is 0.472 e. The Balaban J connectivity index is 3.93. The van der Waals surface area contributed by atoms with Crippen LogP contribution < -0.4 is 5.73 Å². The molecule has 3 N–H and O–H groups in total. The lowest BCUT2D eigenvalue weighted by molar-refractivity contribution is -0.154. The zero-order valence-corrected chi connectivity index (χ0v) is 39.6. The molecule has 0 bridgehead atoms. The van der Waals surface area contributed by atoms with E-state index in [1.807, 2.05) is 0 Å². The van der Waals surface area contributed by atoms with Crippen molar-refractivity contribution in [2.75, 3.05) is 33.0 Å². The van der Waals surface area contributed by atoms with Crippen LogP contribution in [0.1, 0.15) is 239 Å². The highest BCUT2D eigenvalue weighted by Gasteiger charge is 2.25. The Labute approximate surface area is 365 Å². The molecule has 0 saturated carbocycles. The molecule has 59 heavy (non-hydrogen) atoms. The Kier molecular flexibility index (Phi) is 46.7. The third kappa shape index (κ3) is 47.6. The minimum atomic E-state index is -4.28. The molecule has 0 aromatic heterocycles. The summed E-state index contributed by atoms with van der Waals surface area (Å²) in [6.07, 6.45) is 56.1. The van der Waals surface area contributed by atoms with E-state index in [1.165, 1.54) is 161 Å². The molecule has 2 unspecified atom stereocenters. The minimum absolute atomic E-state index is 0.0979. The summed E-state index contributed by atoms with van der Waals surface area (Å²) in [7, 11) is -4.28. The number of hydrogen-bond donors (Lipinski definition) is 2. The molecule has 2 atom stereocenters. The van der Waals surface area contributed by atoms with Crippen molar-refractivity contribution >= 4 is 13.8 Å². The average Bonchev–Trinajstić information content (AvgIpc) is 3.23. The molecule has 0 spiro atoms. The number of esters is 1. The molecule has 0 fully saturated rings. The van der Waals surface area contributed by atoms with Crippen LogP contribution in [0.4, 0.5) is 0 Å². The van der Waals surface area contributed by atoms with Gasteiger partial charge in [0.1, 0.15) is 6.10 Å². The summed E-state index contributed by atoms with van der Waals surface area (Å²) in [5.41, 5.74) is 5.38. The molecule has 0 amide bonds. The van der Waals surface area contributed by atoms with Crippen molar-refractivity contribution in [3.63, 3.8) is 0 Å². The van der Waals surface area contributed by atoms with Gasteiger partial charge in [-0.2, -0.15) is 0 Å². The van der Waals surface area contributed by atoms with Gasteiger partial charge in [0, 0.05) is 19.6 Å². The lowest BCUT2D eigenvalue weighted by atomic mass is 10.0. The molecule has 348 valence electrons. The average molecular weight is 854 g/mol. The van der Waals surface area contributed by atoms with Gasteiger partial charge >= 0.3 is 13.8 Å². The third-order valence-corrected chi connectivity index (χ3v) is 11.8. The van der Waals surface area contributed by atoms with Crippen molar-refractivity contribution in [2.45, 2.75) is 245 Å². The van der Waals surface area contributed by atoms with Crippen molar-refractivity contribution in [3.8, 4) is 0 Å². The summed E-state index contributed by atoms with van der Waals surface area (Å²) in [5.74, 6) is -0.341. The quantitative estimate of drug-likeness (QED) is 0.0269. The van der Waals surface area contributed by atoms with E-state index in [0.29, 0.717) is 13.0 Å². The third-order valence-electron chi connectivity index (χ3n) is 10.8. The van der Waals surface area contributed by atoms with Gasteiger partial charge in [-0.15, -0.1) is 0 Å². The molecule has 0 aliphatic rings. The first-order chi connectivity index (χ1) is 28.9. The molecule has 0 aromatic rings. The first-order valence-electron chi connectivity index (χ1n) is 25.0. The SMILES string of the molecule is CCCCCC/C=C\C/C=C\CCCCCCCC(=O)OC(COCCCCCCCCCCCCCC/C=C\CCCCCCCCCC)COP(=O)(O)OCCN. The Morgan fingerprint density at radius 1 is 0.508 bits per heavy atom. The lowest BCUT2D eigenvalue weighted by Gasteiger charge is -2.20. The molecule has 0 rings (SSSR count). The largest absolute Gasteiger partial charge is 0.472 e. The van der Waals surface area contributed by atoms with E-state index in [2.05, 4.69) is 50.3 Å². The normalized spacial score (nSPS) is 13.6. The van der Waals surface area contributed by atoms with E-state index in [1.54, 1.807) is 0 Å². The van der Waals surface area contributed by atoms with Gasteiger partial charge in [-0.1, -0.05) is 198 Å². The summed E-state index contributed by atoms with van der Waals surface area (Å²) in [4.78, 5) is 22.5. The van der Waals surface area contributed by atoms with E-state index in [4.69, 9.17) is 24.3 Å². The summed E-state index contributed by atoms with van der Waals surface area (Å²) in [6, 6.07) is 0. The molecule has 0 aliphatic heterocycles. The zero-order valence-electron chi connectivity index (χ0n) is 38.7. The van der Waals surface area contributed by atoms with Crippen LogP contribution in [0.5, 0.6) is 0 Å². The second-order valence-corrected chi connectivity index (χ2v) is 18.1. The maximum absolute atomic E-state index is 12.6. The highest BCUT2D eigenvalue weighted by Crippen LogP contribution is 2.43. The second kappa shape index (κ2) is 47.8. The van der Waals surface area contributed by atoms with Crippen LogP contribution in [-0.4, -0.2) is 49.9 Å². The van der Waals surface area contributed by atoms with Crippen LogP contribution >= 0.6 is 7.82 Å². The zero-order chi connectivity index (χ0) is 43.0. The van der Waals surface area contributed by atoms with Crippen LogP contribution in [0.25, 0.3) is 0 Å². The fraction of sp³-hybridized carbons (Fsp3) is 0.860. The fourth-order valence-corrected chi connectivity index (χ4v) is 7.85. The van der Waals surface area contributed by atoms with Gasteiger partial charge < -0.3 is 20.1 Å². The summed E-state index contributed by atoms with van der Waals surface area (Å²) >= 11 is 0. The van der Waals surface area contributed by atoms with Gasteiger partial charge in [0.05, 0.1) is 19.8 Å². The summed E-state index contributed by atoms with van der Waals surface area (Å²) < 4.78 is 33.5. The fourth-order valence-electron chi connectivity index (χ4n) is 7.08. The molecule has 9 heteroatoms. The van der Waals surface area contributed by atoms with Gasteiger partial charge in [0.25, 0.3) is 0 Å². The number of carbonyl (C=O) groups excluding carboxylic acids is 1. The van der Waals surface area contributed by atoms with Crippen molar-refractivity contribution in [1.82, 2.24) is 0 Å². The van der Waals surface area contributed by atoms with E-state index >= 15 is 0 Å². The molecule has 0 radical (unpaired) electrons. The van der Waals surface area contributed by atoms with E-state index in [-0.39, 0.29) is 32.3 Å². The van der Waals surface area contributed by atoms with Gasteiger partial charge in [-0.3, -0.25) is 13.8 Å². The van der Waals surface area contributed by atoms with E-state index < -0.39 is 13.9 Å². The molecule has 8 nitrogen and oxygen atoms in total. The van der Waals surface area contributed by atoms with E-state index in [9.17, 15) is 14.3 Å². The highest BCUT2D eigenvalue weighted by molar-refractivity contribution is 7.47. The maximum atomic E-state index is 12.6. The Hall–Kier alpha value is -1.28. The van der Waals surface area contributed by atoms with Crippen molar-refractivity contribution in [1.29, 1.82) is 0 Å². The topological polar surface area (TPSA) is 117 Å². The number of carbonyl (C=O) groups is 1. The Morgan fingerprint density at radius 2 is 0.898 bits per heavy atom. The van der Waals surface area contributed by atoms with E-state index in [0.717, 1.165) is 57.8 Å². The van der Waals surface area contributed by atoms with Gasteiger partial charge in [0.2, 0.25) is 0 Å². The summed E-state index contributed by atoms with van der Waals surface area (Å²) in [5, 5.41) is 0. The second-order valence-electron chi connectivity index (χ2n) is 16.7. The Morgan fingerprint density at radius 3 is 1.36 bits per heavy atom. The number of hydrogen-bond acceptors (Lipinski definition) is 7. The number of phosphoric ester groups is 1. The molecule has 0 aromatic carbocycles. The summed E-state index contributed by atoms with van der Waals surface area (Å²) in [6.45, 7) is 4.92. The van der Waals surface area contributed by atoms with Gasteiger partial charge in [0.15, 0.2) is 0 Å². The van der Waals surface area contributed by atoms with Gasteiger partial charge in [-0.05, 0) is 70.6 Å². The predicted molar refractivity (Wildman–Crippen MR) is 252 cm³/mol. The number of ether oxygens (including phenoxy) is 2. The standard InChI is InChI=1S/C50H96NO7P/c1-3-5-7-9-11-13-15-17-19-21-22-23-24-25-26-27-28-30-32-34-36-38-40-42-45-55-47-49(48-57-59(53,54)56-46-44-51)58-50(52)43-41-39-37-35-33-31-29-20-18-16-14-12-10-8-6-4-2/h14,16,20-22,29,49H,3-13,15,17-19,23-28,30-48,51H2,1-2H3,(H,53,54)/b16-14-,22-21-,29-20-. The van der Waals surface area contributed by atoms with Crippen LogP contribution in [-0.2, 0) is 27.9 Å². The van der Waals surface area contributed by atoms with Crippen molar-refractivity contribution < 1.29 is 32.8 Å². The molecular weight excluding hydrogens is 758 g/mol. The smallest absolute Gasteiger partial charge is 0.457 e.